The number of allylic oxidation sites excluding steroid dienone is 1. The predicted molar refractivity (Wildman–Crippen MR) is 165 cm³/mol. The van der Waals surface area contributed by atoms with Gasteiger partial charge in [-0.1, -0.05) is 45.8 Å². The number of nitrogens with zero attached hydrogens (tertiary/aromatic N) is 2. The Kier molecular flexibility index (Phi) is 11.1. The van der Waals surface area contributed by atoms with Gasteiger partial charge >= 0.3 is 5.97 Å². The standard InChI is InChI=1S/C34H56N2O6/c1-9-11-12-17-23-41-30(40)26-25-28(38)35(21-15-13-14-16-22-37)27(34(25)19-18-33(26,8)42-34)29(39)36(20-10-2)32(6,7)24-31(3,4)5/h9-10,25-27,37H,1-2,11-24H2,3-8H3/t25-,26+,27?,33-,34?/m0/s1. The Morgan fingerprint density at radius 3 is 2.38 bits per heavy atom. The van der Waals surface area contributed by atoms with Gasteiger partial charge in [0.1, 0.15) is 17.6 Å². The summed E-state index contributed by atoms with van der Waals surface area (Å²) in [6.45, 7) is 21.4. The second-order valence-corrected chi connectivity index (χ2v) is 14.6. The molecule has 2 unspecified atom stereocenters. The molecule has 1 N–H and O–H groups in total. The molecule has 3 aliphatic rings. The van der Waals surface area contributed by atoms with Gasteiger partial charge in [-0.3, -0.25) is 14.4 Å². The van der Waals surface area contributed by atoms with Crippen LogP contribution in [-0.4, -0.2) is 81.8 Å². The Balaban J connectivity index is 1.98. The molecule has 3 rings (SSSR count). The highest BCUT2D eigenvalue weighted by Crippen LogP contribution is 2.63. The normalized spacial score (nSPS) is 28.6. The van der Waals surface area contributed by atoms with Crippen LogP contribution in [0.25, 0.3) is 0 Å². The number of esters is 1. The van der Waals surface area contributed by atoms with Gasteiger partial charge in [0.25, 0.3) is 0 Å². The molecule has 8 nitrogen and oxygen atoms in total. The Hall–Kier alpha value is -2.19. The molecule has 1 spiro atoms. The van der Waals surface area contributed by atoms with Gasteiger partial charge in [-0.05, 0) is 77.6 Å². The van der Waals surface area contributed by atoms with Crippen LogP contribution in [0.2, 0.25) is 0 Å². The maximum atomic E-state index is 14.8. The molecule has 5 atom stereocenters. The van der Waals surface area contributed by atoms with Crippen molar-refractivity contribution < 1.29 is 29.0 Å². The van der Waals surface area contributed by atoms with E-state index in [9.17, 15) is 19.5 Å². The second-order valence-electron chi connectivity index (χ2n) is 14.6. The lowest BCUT2D eigenvalue weighted by atomic mass is 9.66. The van der Waals surface area contributed by atoms with Gasteiger partial charge in [0, 0.05) is 25.2 Å². The summed E-state index contributed by atoms with van der Waals surface area (Å²) >= 11 is 0. The molecule has 3 fully saturated rings. The lowest BCUT2D eigenvalue weighted by molar-refractivity contribution is -0.161. The van der Waals surface area contributed by atoms with Crippen molar-refractivity contribution in [1.82, 2.24) is 9.80 Å². The molecule has 0 aromatic rings. The molecule has 0 saturated carbocycles. The fourth-order valence-electron chi connectivity index (χ4n) is 8.01. The van der Waals surface area contributed by atoms with Gasteiger partial charge in [0.05, 0.1) is 18.1 Å². The molecule has 8 heteroatoms. The van der Waals surface area contributed by atoms with Gasteiger partial charge < -0.3 is 24.4 Å². The zero-order valence-corrected chi connectivity index (χ0v) is 27.1. The third kappa shape index (κ3) is 6.96. The van der Waals surface area contributed by atoms with E-state index in [1.807, 2.05) is 17.9 Å². The number of hydrogen-bond acceptors (Lipinski definition) is 6. The lowest BCUT2D eigenvalue weighted by Crippen LogP contribution is -2.61. The van der Waals surface area contributed by atoms with Crippen LogP contribution in [0.1, 0.15) is 106 Å². The molecule has 42 heavy (non-hydrogen) atoms. The Bertz CT molecular complexity index is 1000. The van der Waals surface area contributed by atoms with Crippen molar-refractivity contribution in [2.24, 2.45) is 17.3 Å². The number of unbranched alkanes of at least 4 members (excludes halogenated alkanes) is 5. The first-order chi connectivity index (χ1) is 19.7. The minimum absolute atomic E-state index is 0.0295. The van der Waals surface area contributed by atoms with Crippen LogP contribution in [0.5, 0.6) is 0 Å². The van der Waals surface area contributed by atoms with Gasteiger partial charge in [-0.25, -0.2) is 0 Å². The Morgan fingerprint density at radius 1 is 1.07 bits per heavy atom. The quantitative estimate of drug-likeness (QED) is 0.138. The van der Waals surface area contributed by atoms with Gasteiger partial charge in [0.15, 0.2) is 0 Å². The number of carbonyl (C=O) groups is 3. The summed E-state index contributed by atoms with van der Waals surface area (Å²) in [5.41, 5.74) is -2.46. The molecule has 238 valence electrons. The molecule has 2 bridgehead atoms. The number of aliphatic hydroxyl groups excluding tert-OH is 1. The van der Waals surface area contributed by atoms with E-state index < -0.39 is 40.6 Å². The third-order valence-corrected chi connectivity index (χ3v) is 9.39. The topological polar surface area (TPSA) is 96.4 Å². The zero-order chi connectivity index (χ0) is 31.3. The summed E-state index contributed by atoms with van der Waals surface area (Å²) in [4.78, 5) is 46.3. The minimum Gasteiger partial charge on any atom is -0.465 e. The Morgan fingerprint density at radius 2 is 1.76 bits per heavy atom. The first kappa shape index (κ1) is 34.3. The highest BCUT2D eigenvalue weighted by molar-refractivity contribution is 5.98. The summed E-state index contributed by atoms with van der Waals surface area (Å²) in [5, 5.41) is 9.20. The van der Waals surface area contributed by atoms with Crippen LogP contribution in [0.3, 0.4) is 0 Å². The van der Waals surface area contributed by atoms with Gasteiger partial charge in [-0.15, -0.1) is 13.2 Å². The largest absolute Gasteiger partial charge is 0.465 e. The first-order valence-corrected chi connectivity index (χ1v) is 16.0. The molecule has 0 aliphatic carbocycles. The van der Waals surface area contributed by atoms with E-state index in [1.165, 1.54) is 0 Å². The molecule has 0 aromatic heterocycles. The highest BCUT2D eigenvalue weighted by Gasteiger charge is 2.78. The number of ether oxygens (including phenoxy) is 2. The molecular formula is C34H56N2O6. The fourth-order valence-corrected chi connectivity index (χ4v) is 8.01. The van der Waals surface area contributed by atoms with Crippen LogP contribution in [0.15, 0.2) is 25.3 Å². The minimum atomic E-state index is -1.07. The Labute approximate surface area is 253 Å². The molecule has 2 amide bonds. The van der Waals surface area contributed by atoms with Crippen molar-refractivity contribution in [3.8, 4) is 0 Å². The van der Waals surface area contributed by atoms with E-state index in [0.29, 0.717) is 38.8 Å². The van der Waals surface area contributed by atoms with Gasteiger partial charge in [0.2, 0.25) is 11.8 Å². The average molecular weight is 589 g/mol. The number of likely N-dealkylation sites (tertiary alicyclic amines) is 1. The zero-order valence-electron chi connectivity index (χ0n) is 27.1. The van der Waals surface area contributed by atoms with Crippen molar-refractivity contribution in [3.63, 3.8) is 0 Å². The van der Waals surface area contributed by atoms with Crippen molar-refractivity contribution in [2.45, 2.75) is 129 Å². The summed E-state index contributed by atoms with van der Waals surface area (Å²) in [7, 11) is 0. The van der Waals surface area contributed by atoms with Crippen LogP contribution in [0.4, 0.5) is 0 Å². The number of amides is 2. The number of fused-ring (bicyclic) bond motifs is 1. The van der Waals surface area contributed by atoms with E-state index in [-0.39, 0.29) is 30.4 Å². The maximum Gasteiger partial charge on any atom is 0.312 e. The van der Waals surface area contributed by atoms with E-state index in [1.54, 1.807) is 11.0 Å². The SMILES string of the molecule is C=CCCCCOC(=O)[C@H]1[C@H]2C(=O)N(CCCCCCO)C(C(=O)N(CC=C)C(C)(C)CC(C)(C)C)C23CC[C@]1(C)O3. The average Bonchev–Trinajstić information content (AvgIpc) is 3.45. The molecule has 3 aliphatic heterocycles. The van der Waals surface area contributed by atoms with Crippen LogP contribution in [-0.2, 0) is 23.9 Å². The predicted octanol–water partition coefficient (Wildman–Crippen LogP) is 5.43. The summed E-state index contributed by atoms with van der Waals surface area (Å²) in [5.74, 6) is -2.22. The van der Waals surface area contributed by atoms with Crippen LogP contribution < -0.4 is 0 Å². The first-order valence-electron chi connectivity index (χ1n) is 16.0. The third-order valence-electron chi connectivity index (χ3n) is 9.39. The van der Waals surface area contributed by atoms with Crippen molar-refractivity contribution in [1.29, 1.82) is 0 Å². The number of hydrogen-bond donors (Lipinski definition) is 1. The maximum absolute atomic E-state index is 14.8. The second kappa shape index (κ2) is 13.6. The highest BCUT2D eigenvalue weighted by atomic mass is 16.6. The summed E-state index contributed by atoms with van der Waals surface area (Å²) < 4.78 is 12.5. The monoisotopic (exact) mass is 588 g/mol. The number of rotatable bonds is 17. The smallest absolute Gasteiger partial charge is 0.312 e. The fraction of sp³-hybridized carbons (Fsp3) is 0.794. The van der Waals surface area contributed by atoms with E-state index in [2.05, 4.69) is 47.8 Å². The number of aliphatic hydroxyl groups is 1. The molecule has 3 saturated heterocycles. The van der Waals surface area contributed by atoms with Crippen LogP contribution >= 0.6 is 0 Å². The summed E-state index contributed by atoms with van der Waals surface area (Å²) in [6, 6.07) is -0.820. The van der Waals surface area contributed by atoms with Crippen molar-refractivity contribution >= 4 is 17.8 Å². The molecule has 0 aromatic carbocycles. The summed E-state index contributed by atoms with van der Waals surface area (Å²) in [6.07, 6.45) is 11.1. The van der Waals surface area contributed by atoms with Crippen molar-refractivity contribution in [2.75, 3.05) is 26.3 Å². The van der Waals surface area contributed by atoms with Gasteiger partial charge in [-0.2, -0.15) is 0 Å². The molecular weight excluding hydrogens is 532 g/mol. The lowest BCUT2D eigenvalue weighted by Gasteiger charge is -2.45. The van der Waals surface area contributed by atoms with E-state index in [4.69, 9.17) is 9.47 Å². The number of carbonyl (C=O) groups excluding carboxylic acids is 3. The van der Waals surface area contributed by atoms with Crippen LogP contribution in [0, 0.1) is 17.3 Å². The molecule has 3 heterocycles. The van der Waals surface area contributed by atoms with E-state index >= 15 is 0 Å². The molecule has 0 radical (unpaired) electrons. The van der Waals surface area contributed by atoms with E-state index in [0.717, 1.165) is 38.5 Å². The van der Waals surface area contributed by atoms with Crippen molar-refractivity contribution in [3.05, 3.63) is 25.3 Å².